The van der Waals surface area contributed by atoms with Crippen molar-refractivity contribution in [2.75, 3.05) is 5.75 Å². The normalized spacial score (nSPS) is 20.6. The molecule has 1 atom stereocenters. The summed E-state index contributed by atoms with van der Waals surface area (Å²) in [5.41, 5.74) is 1.48. The molecule has 0 radical (unpaired) electrons. The molecule has 2 N–H and O–H groups in total. The molecule has 106 valence electrons. The minimum Gasteiger partial charge on any atom is -0.306 e. The summed E-state index contributed by atoms with van der Waals surface area (Å²) < 4.78 is 37.4. The minimum absolute atomic E-state index is 0.0781. The molecule has 0 bridgehead atoms. The van der Waals surface area contributed by atoms with Crippen molar-refractivity contribution in [2.45, 2.75) is 23.9 Å². The standard InChI is InChI=1S/C13H14FN3O2S/c14-10-1-2-13-11(5-10)12(3-4-20(13,18)19)15-6-9-7-16-17-8-9/h1-2,5,7-8,12,15H,3-4,6H2,(H,16,17). The molecule has 0 fully saturated rings. The molecule has 1 unspecified atom stereocenters. The molecule has 0 spiro atoms. The van der Waals surface area contributed by atoms with E-state index in [1.165, 1.54) is 18.2 Å². The molecule has 3 rings (SSSR count). The van der Waals surface area contributed by atoms with E-state index in [2.05, 4.69) is 15.5 Å². The third-order valence-electron chi connectivity index (χ3n) is 3.47. The Morgan fingerprint density at radius 2 is 2.30 bits per heavy atom. The van der Waals surface area contributed by atoms with Gasteiger partial charge in [-0.25, -0.2) is 12.8 Å². The van der Waals surface area contributed by atoms with Gasteiger partial charge in [0.05, 0.1) is 16.8 Å². The number of benzene rings is 1. The molecule has 0 amide bonds. The van der Waals surface area contributed by atoms with Crippen molar-refractivity contribution in [3.05, 3.63) is 47.5 Å². The van der Waals surface area contributed by atoms with Crippen LogP contribution in [0.15, 0.2) is 35.5 Å². The van der Waals surface area contributed by atoms with Gasteiger partial charge in [0.2, 0.25) is 0 Å². The van der Waals surface area contributed by atoms with Gasteiger partial charge in [0.25, 0.3) is 0 Å². The summed E-state index contributed by atoms with van der Waals surface area (Å²) in [6, 6.07) is 3.68. The second-order valence-electron chi connectivity index (χ2n) is 4.83. The Morgan fingerprint density at radius 3 is 3.05 bits per heavy atom. The Bertz CT molecular complexity index is 713. The highest BCUT2D eigenvalue weighted by atomic mass is 32.2. The number of sulfone groups is 1. The van der Waals surface area contributed by atoms with E-state index in [1.54, 1.807) is 12.4 Å². The van der Waals surface area contributed by atoms with Crippen LogP contribution in [0.5, 0.6) is 0 Å². The fourth-order valence-electron chi connectivity index (χ4n) is 2.44. The van der Waals surface area contributed by atoms with E-state index in [1.807, 2.05) is 0 Å². The first-order chi connectivity index (χ1) is 9.56. The molecule has 5 nitrogen and oxygen atoms in total. The summed E-state index contributed by atoms with van der Waals surface area (Å²) >= 11 is 0. The van der Waals surface area contributed by atoms with Gasteiger partial charge in [-0.15, -0.1) is 0 Å². The van der Waals surface area contributed by atoms with Crippen LogP contribution < -0.4 is 5.32 Å². The zero-order valence-electron chi connectivity index (χ0n) is 10.6. The van der Waals surface area contributed by atoms with Crippen LogP contribution in [-0.2, 0) is 16.4 Å². The predicted molar refractivity (Wildman–Crippen MR) is 71.2 cm³/mol. The third kappa shape index (κ3) is 2.46. The average molecular weight is 295 g/mol. The molecule has 1 aromatic heterocycles. The van der Waals surface area contributed by atoms with Gasteiger partial charge in [-0.3, -0.25) is 5.10 Å². The first kappa shape index (κ1) is 13.3. The van der Waals surface area contributed by atoms with Gasteiger partial charge in [0, 0.05) is 24.3 Å². The molecule has 1 aromatic carbocycles. The molecular formula is C13H14FN3O2S. The van der Waals surface area contributed by atoms with E-state index in [-0.39, 0.29) is 16.7 Å². The van der Waals surface area contributed by atoms with E-state index in [0.29, 0.717) is 18.5 Å². The predicted octanol–water partition coefficient (Wildman–Crippen LogP) is 1.56. The van der Waals surface area contributed by atoms with Crippen molar-refractivity contribution in [2.24, 2.45) is 0 Å². The lowest BCUT2D eigenvalue weighted by atomic mass is 10.0. The van der Waals surface area contributed by atoms with Gasteiger partial charge in [0.1, 0.15) is 5.82 Å². The SMILES string of the molecule is O=S1(=O)CCC(NCc2cn[nH]c2)c2cc(F)ccc21. The van der Waals surface area contributed by atoms with Crippen LogP contribution in [0.25, 0.3) is 0 Å². The fraction of sp³-hybridized carbons (Fsp3) is 0.308. The molecule has 0 saturated heterocycles. The van der Waals surface area contributed by atoms with Gasteiger partial charge >= 0.3 is 0 Å². The van der Waals surface area contributed by atoms with Crippen LogP contribution in [0.3, 0.4) is 0 Å². The molecule has 20 heavy (non-hydrogen) atoms. The van der Waals surface area contributed by atoms with Crippen LogP contribution in [0, 0.1) is 5.82 Å². The number of hydrogen-bond acceptors (Lipinski definition) is 4. The molecular weight excluding hydrogens is 281 g/mol. The summed E-state index contributed by atoms with van der Waals surface area (Å²) in [7, 11) is -3.29. The number of rotatable bonds is 3. The van der Waals surface area contributed by atoms with Crippen LogP contribution in [0.1, 0.15) is 23.6 Å². The molecule has 2 heterocycles. The molecule has 1 aliphatic heterocycles. The summed E-state index contributed by atoms with van der Waals surface area (Å²) in [5.74, 6) is -0.342. The molecule has 0 saturated carbocycles. The van der Waals surface area contributed by atoms with Crippen molar-refractivity contribution in [3.8, 4) is 0 Å². The molecule has 1 aliphatic rings. The Kier molecular flexibility index (Phi) is 3.31. The van der Waals surface area contributed by atoms with Gasteiger partial charge in [-0.2, -0.15) is 5.10 Å². The number of fused-ring (bicyclic) bond motifs is 1. The van der Waals surface area contributed by atoms with Gasteiger partial charge in [-0.05, 0) is 30.2 Å². The van der Waals surface area contributed by atoms with Crippen molar-refractivity contribution < 1.29 is 12.8 Å². The first-order valence-electron chi connectivity index (χ1n) is 6.29. The Morgan fingerprint density at radius 1 is 1.45 bits per heavy atom. The second kappa shape index (κ2) is 4.99. The molecule has 7 heteroatoms. The highest BCUT2D eigenvalue weighted by molar-refractivity contribution is 7.91. The van der Waals surface area contributed by atoms with Crippen LogP contribution in [0.4, 0.5) is 4.39 Å². The van der Waals surface area contributed by atoms with Gasteiger partial charge in [-0.1, -0.05) is 0 Å². The average Bonchev–Trinajstić information content (AvgIpc) is 2.90. The highest BCUT2D eigenvalue weighted by Crippen LogP contribution is 2.32. The Balaban J connectivity index is 1.89. The van der Waals surface area contributed by atoms with E-state index >= 15 is 0 Å². The fourth-order valence-corrected chi connectivity index (χ4v) is 4.04. The highest BCUT2D eigenvalue weighted by Gasteiger charge is 2.30. The lowest BCUT2D eigenvalue weighted by Crippen LogP contribution is -2.29. The van der Waals surface area contributed by atoms with E-state index in [0.717, 1.165) is 5.56 Å². The largest absolute Gasteiger partial charge is 0.306 e. The molecule has 2 aromatic rings. The number of nitrogens with zero attached hydrogens (tertiary/aromatic N) is 1. The number of halogens is 1. The van der Waals surface area contributed by atoms with Crippen molar-refractivity contribution >= 4 is 9.84 Å². The number of H-pyrrole nitrogens is 1. The number of hydrogen-bond donors (Lipinski definition) is 2. The van der Waals surface area contributed by atoms with E-state index < -0.39 is 15.7 Å². The maximum Gasteiger partial charge on any atom is 0.178 e. The second-order valence-corrected chi connectivity index (χ2v) is 6.91. The molecule has 0 aliphatic carbocycles. The van der Waals surface area contributed by atoms with Gasteiger partial charge in [0.15, 0.2) is 9.84 Å². The summed E-state index contributed by atoms with van der Waals surface area (Å²) in [6.07, 6.45) is 3.90. The minimum atomic E-state index is -3.29. The summed E-state index contributed by atoms with van der Waals surface area (Å²) in [4.78, 5) is 0.231. The zero-order valence-corrected chi connectivity index (χ0v) is 11.5. The monoisotopic (exact) mass is 295 g/mol. The van der Waals surface area contributed by atoms with Crippen molar-refractivity contribution in [3.63, 3.8) is 0 Å². The van der Waals surface area contributed by atoms with Crippen LogP contribution in [0.2, 0.25) is 0 Å². The lowest BCUT2D eigenvalue weighted by molar-refractivity contribution is 0.487. The van der Waals surface area contributed by atoms with Crippen LogP contribution >= 0.6 is 0 Å². The quantitative estimate of drug-likeness (QED) is 0.843. The summed E-state index contributed by atoms with van der Waals surface area (Å²) in [6.45, 7) is 0.553. The number of aromatic nitrogens is 2. The lowest BCUT2D eigenvalue weighted by Gasteiger charge is -2.26. The first-order valence-corrected chi connectivity index (χ1v) is 7.95. The maximum atomic E-state index is 13.4. The Hall–Kier alpha value is -1.73. The maximum absolute atomic E-state index is 13.4. The zero-order chi connectivity index (χ0) is 14.2. The third-order valence-corrected chi connectivity index (χ3v) is 5.28. The Labute approximate surface area is 116 Å². The van der Waals surface area contributed by atoms with E-state index in [4.69, 9.17) is 0 Å². The summed E-state index contributed by atoms with van der Waals surface area (Å²) in [5, 5.41) is 9.81. The van der Waals surface area contributed by atoms with Gasteiger partial charge < -0.3 is 5.32 Å². The van der Waals surface area contributed by atoms with Crippen molar-refractivity contribution in [1.82, 2.24) is 15.5 Å². The van der Waals surface area contributed by atoms with Crippen molar-refractivity contribution in [1.29, 1.82) is 0 Å². The number of aromatic amines is 1. The van der Waals surface area contributed by atoms with E-state index in [9.17, 15) is 12.8 Å². The van der Waals surface area contributed by atoms with Crippen LogP contribution in [-0.4, -0.2) is 24.4 Å². The smallest absolute Gasteiger partial charge is 0.178 e. The number of nitrogens with one attached hydrogen (secondary N) is 2. The topological polar surface area (TPSA) is 74.8 Å².